The molecule has 35 heavy (non-hydrogen) atoms. The number of primary amides is 1. The number of nitrogens with two attached hydrogens (primary N) is 1. The van der Waals surface area contributed by atoms with E-state index in [1.54, 1.807) is 42.6 Å². The Hall–Kier alpha value is -4.11. The summed E-state index contributed by atoms with van der Waals surface area (Å²) in [4.78, 5) is 28.8. The Labute approximate surface area is 202 Å². The quantitative estimate of drug-likeness (QED) is 0.295. The maximum atomic E-state index is 13.1. The monoisotopic (exact) mass is 498 g/mol. The molecule has 178 valence electrons. The molecule has 0 aliphatic carbocycles. The number of benzene rings is 3. The Morgan fingerprint density at radius 2 is 1.63 bits per heavy atom. The standard InChI is InChI=1S/C25H18ClF3N4O2/c1-13-5-6-14(32-24(35)33-15-7-8-21(26)20(12-15)25(27,28)29)11-19(13)22-17-3-2-4-18(23(30)34)16(17)9-10-31-22/h2-12H,1H3,(H2,30,34)(H2,32,33,35). The summed E-state index contributed by atoms with van der Waals surface area (Å²) in [5.41, 5.74) is 7.26. The molecule has 0 fully saturated rings. The third-order valence-electron chi connectivity index (χ3n) is 5.35. The van der Waals surface area contributed by atoms with Gasteiger partial charge in [-0.1, -0.05) is 29.8 Å². The number of aryl methyl sites for hydroxylation is 1. The summed E-state index contributed by atoms with van der Waals surface area (Å²) in [6, 6.07) is 14.3. The number of urea groups is 1. The number of nitrogens with zero attached hydrogens (tertiary/aromatic N) is 1. The van der Waals surface area contributed by atoms with E-state index in [0.29, 0.717) is 33.3 Å². The van der Waals surface area contributed by atoms with Crippen LogP contribution in [-0.4, -0.2) is 16.9 Å². The Morgan fingerprint density at radius 1 is 0.943 bits per heavy atom. The number of carbonyl (C=O) groups is 2. The summed E-state index contributed by atoms with van der Waals surface area (Å²) in [5, 5.41) is 5.87. The molecule has 6 nitrogen and oxygen atoms in total. The maximum absolute atomic E-state index is 13.1. The average molecular weight is 499 g/mol. The Balaban J connectivity index is 1.64. The molecular weight excluding hydrogens is 481 g/mol. The lowest BCUT2D eigenvalue weighted by molar-refractivity contribution is -0.137. The zero-order valence-electron chi connectivity index (χ0n) is 18.2. The number of amides is 3. The van der Waals surface area contributed by atoms with Crippen LogP contribution in [0.25, 0.3) is 22.0 Å². The molecule has 1 aromatic heterocycles. The predicted molar refractivity (Wildman–Crippen MR) is 130 cm³/mol. The molecule has 3 amide bonds. The van der Waals surface area contributed by atoms with Crippen molar-refractivity contribution in [1.29, 1.82) is 0 Å². The van der Waals surface area contributed by atoms with E-state index in [4.69, 9.17) is 17.3 Å². The van der Waals surface area contributed by atoms with Crippen LogP contribution in [0.15, 0.2) is 66.9 Å². The largest absolute Gasteiger partial charge is 0.417 e. The second-order valence-electron chi connectivity index (χ2n) is 7.73. The van der Waals surface area contributed by atoms with Crippen LogP contribution in [0.1, 0.15) is 21.5 Å². The number of nitrogens with one attached hydrogen (secondary N) is 2. The molecule has 0 aliphatic rings. The van der Waals surface area contributed by atoms with E-state index >= 15 is 0 Å². The Morgan fingerprint density at radius 3 is 2.31 bits per heavy atom. The van der Waals surface area contributed by atoms with Gasteiger partial charge in [0.15, 0.2) is 0 Å². The third kappa shape index (κ3) is 5.04. The number of aromatic nitrogens is 1. The van der Waals surface area contributed by atoms with Crippen LogP contribution in [0.5, 0.6) is 0 Å². The minimum absolute atomic E-state index is 0.0683. The highest BCUT2D eigenvalue weighted by atomic mass is 35.5. The topological polar surface area (TPSA) is 97.1 Å². The van der Waals surface area contributed by atoms with Crippen molar-refractivity contribution in [3.63, 3.8) is 0 Å². The molecule has 0 saturated carbocycles. The van der Waals surface area contributed by atoms with Crippen molar-refractivity contribution >= 4 is 45.7 Å². The van der Waals surface area contributed by atoms with Crippen LogP contribution < -0.4 is 16.4 Å². The highest BCUT2D eigenvalue weighted by Gasteiger charge is 2.33. The van der Waals surface area contributed by atoms with Crippen LogP contribution in [0.4, 0.5) is 29.3 Å². The van der Waals surface area contributed by atoms with Gasteiger partial charge in [0.25, 0.3) is 0 Å². The number of anilines is 2. The molecule has 4 rings (SSSR count). The predicted octanol–water partition coefficient (Wildman–Crippen LogP) is 6.63. The summed E-state index contributed by atoms with van der Waals surface area (Å²) in [5.74, 6) is -0.563. The van der Waals surface area contributed by atoms with E-state index < -0.39 is 28.7 Å². The zero-order valence-corrected chi connectivity index (χ0v) is 19.0. The molecule has 0 atom stereocenters. The summed E-state index contributed by atoms with van der Waals surface area (Å²) in [6.45, 7) is 1.87. The normalized spacial score (nSPS) is 11.3. The number of halogens is 4. The van der Waals surface area contributed by atoms with Gasteiger partial charge in [0.05, 0.1) is 16.3 Å². The van der Waals surface area contributed by atoms with Crippen LogP contribution in [0, 0.1) is 6.92 Å². The fourth-order valence-electron chi connectivity index (χ4n) is 3.71. The molecule has 10 heteroatoms. The average Bonchev–Trinajstić information content (AvgIpc) is 2.80. The summed E-state index contributed by atoms with van der Waals surface area (Å²) in [7, 11) is 0. The first-order valence-electron chi connectivity index (χ1n) is 10.3. The van der Waals surface area contributed by atoms with Crippen LogP contribution in [0.3, 0.4) is 0 Å². The number of carbonyl (C=O) groups excluding carboxylic acids is 2. The number of hydrogen-bond acceptors (Lipinski definition) is 3. The SMILES string of the molecule is Cc1ccc(NC(=O)Nc2ccc(Cl)c(C(F)(F)F)c2)cc1-c1nccc2c(C(N)=O)cccc12. The lowest BCUT2D eigenvalue weighted by Crippen LogP contribution is -2.20. The van der Waals surface area contributed by atoms with E-state index in [1.165, 1.54) is 6.07 Å². The first kappa shape index (κ1) is 24.0. The second kappa shape index (κ2) is 9.27. The van der Waals surface area contributed by atoms with Crippen LogP contribution >= 0.6 is 11.6 Å². The lowest BCUT2D eigenvalue weighted by Gasteiger charge is -2.14. The van der Waals surface area contributed by atoms with Crippen molar-refractivity contribution in [3.8, 4) is 11.3 Å². The van der Waals surface area contributed by atoms with E-state index in [-0.39, 0.29) is 5.69 Å². The van der Waals surface area contributed by atoms with Gasteiger partial charge in [0, 0.05) is 34.1 Å². The van der Waals surface area contributed by atoms with Crippen molar-refractivity contribution in [2.24, 2.45) is 5.73 Å². The molecule has 0 bridgehead atoms. The molecule has 1 heterocycles. The van der Waals surface area contributed by atoms with Gasteiger partial charge in [-0.25, -0.2) is 4.79 Å². The minimum Gasteiger partial charge on any atom is -0.366 e. The number of fused-ring (bicyclic) bond motifs is 1. The minimum atomic E-state index is -4.66. The van der Waals surface area contributed by atoms with Crippen molar-refractivity contribution in [1.82, 2.24) is 4.98 Å². The van der Waals surface area contributed by atoms with Gasteiger partial charge in [-0.15, -0.1) is 0 Å². The molecule has 0 unspecified atom stereocenters. The molecule has 0 spiro atoms. The van der Waals surface area contributed by atoms with Gasteiger partial charge in [-0.2, -0.15) is 13.2 Å². The molecular formula is C25H18ClF3N4O2. The van der Waals surface area contributed by atoms with Gasteiger partial charge < -0.3 is 16.4 Å². The van der Waals surface area contributed by atoms with Crippen LogP contribution in [0.2, 0.25) is 5.02 Å². The Bertz CT molecular complexity index is 1470. The zero-order chi connectivity index (χ0) is 25.3. The number of hydrogen-bond donors (Lipinski definition) is 3. The number of pyridine rings is 1. The molecule has 0 aliphatic heterocycles. The van der Waals surface area contributed by atoms with Crippen molar-refractivity contribution in [3.05, 3.63) is 88.6 Å². The van der Waals surface area contributed by atoms with Gasteiger partial charge in [-0.3, -0.25) is 9.78 Å². The smallest absolute Gasteiger partial charge is 0.366 e. The lowest BCUT2D eigenvalue weighted by atomic mass is 9.97. The molecule has 0 saturated heterocycles. The van der Waals surface area contributed by atoms with Gasteiger partial charge in [0.2, 0.25) is 5.91 Å². The maximum Gasteiger partial charge on any atom is 0.417 e. The van der Waals surface area contributed by atoms with Gasteiger partial charge in [-0.05, 0) is 60.3 Å². The van der Waals surface area contributed by atoms with E-state index in [9.17, 15) is 22.8 Å². The molecule has 3 aromatic carbocycles. The van der Waals surface area contributed by atoms with Gasteiger partial charge >= 0.3 is 12.2 Å². The fourth-order valence-corrected chi connectivity index (χ4v) is 3.93. The van der Waals surface area contributed by atoms with Crippen molar-refractivity contribution in [2.75, 3.05) is 10.6 Å². The summed E-state index contributed by atoms with van der Waals surface area (Å²) >= 11 is 5.63. The van der Waals surface area contributed by atoms with Crippen molar-refractivity contribution in [2.45, 2.75) is 13.1 Å². The van der Waals surface area contributed by atoms with E-state index in [2.05, 4.69) is 15.6 Å². The summed E-state index contributed by atoms with van der Waals surface area (Å²) < 4.78 is 39.3. The summed E-state index contributed by atoms with van der Waals surface area (Å²) in [6.07, 6.45) is -3.09. The number of alkyl halides is 3. The first-order chi connectivity index (χ1) is 16.5. The van der Waals surface area contributed by atoms with Gasteiger partial charge in [0.1, 0.15) is 0 Å². The van der Waals surface area contributed by atoms with E-state index in [0.717, 1.165) is 17.7 Å². The number of rotatable bonds is 4. The molecule has 4 aromatic rings. The van der Waals surface area contributed by atoms with Crippen molar-refractivity contribution < 1.29 is 22.8 Å². The van der Waals surface area contributed by atoms with Crippen LogP contribution in [-0.2, 0) is 6.18 Å². The second-order valence-corrected chi connectivity index (χ2v) is 8.13. The molecule has 0 radical (unpaired) electrons. The fraction of sp³-hybridized carbons (Fsp3) is 0.0800. The third-order valence-corrected chi connectivity index (χ3v) is 5.68. The Kier molecular flexibility index (Phi) is 6.36. The first-order valence-corrected chi connectivity index (χ1v) is 10.7. The van der Waals surface area contributed by atoms with E-state index in [1.807, 2.05) is 13.0 Å². The highest BCUT2D eigenvalue weighted by Crippen LogP contribution is 2.36. The highest BCUT2D eigenvalue weighted by molar-refractivity contribution is 6.31. The molecule has 4 N–H and O–H groups in total.